The molecule has 0 amide bonds. The Labute approximate surface area is 115 Å². The van der Waals surface area contributed by atoms with Crippen molar-refractivity contribution in [1.29, 1.82) is 0 Å². The summed E-state index contributed by atoms with van der Waals surface area (Å²) in [6.45, 7) is 6.09. The number of hydrogen-bond donors (Lipinski definition) is 1. The molecule has 19 heavy (non-hydrogen) atoms. The minimum absolute atomic E-state index is 0.736. The van der Waals surface area contributed by atoms with Crippen LogP contribution in [0.2, 0.25) is 0 Å². The van der Waals surface area contributed by atoms with Gasteiger partial charge in [-0.3, -0.25) is 0 Å². The van der Waals surface area contributed by atoms with E-state index in [-0.39, 0.29) is 0 Å². The maximum absolute atomic E-state index is 10.7. The van der Waals surface area contributed by atoms with Gasteiger partial charge in [0, 0.05) is 0 Å². The number of benzene rings is 2. The van der Waals surface area contributed by atoms with Gasteiger partial charge in [0.1, 0.15) is 0 Å². The van der Waals surface area contributed by atoms with Crippen molar-refractivity contribution in [2.75, 3.05) is 0 Å². The highest BCUT2D eigenvalue weighted by Gasteiger charge is 2.22. The molecular weight excluding hydrogens is 232 g/mol. The minimum atomic E-state index is -0.770. The van der Waals surface area contributed by atoms with Crippen molar-refractivity contribution in [3.63, 3.8) is 0 Å². The molecular formula is C18H22O. The third-order valence-corrected chi connectivity index (χ3v) is 3.87. The first-order valence-corrected chi connectivity index (χ1v) is 6.83. The normalized spacial score (nSPS) is 14.1. The van der Waals surface area contributed by atoms with Crippen LogP contribution in [0.4, 0.5) is 0 Å². The molecule has 2 rings (SSSR count). The molecule has 1 unspecified atom stereocenters. The molecule has 100 valence electrons. The average Bonchev–Trinajstić information content (AvgIpc) is 2.41. The lowest BCUT2D eigenvalue weighted by Crippen LogP contribution is -2.22. The quantitative estimate of drug-likeness (QED) is 0.869. The SMILES string of the molecule is Cc1ccc(C(C)(O)CCc2ccccc2)cc1C. The molecule has 0 spiro atoms. The van der Waals surface area contributed by atoms with Crippen LogP contribution in [0, 0.1) is 13.8 Å². The van der Waals surface area contributed by atoms with Crippen LogP contribution in [0.15, 0.2) is 48.5 Å². The van der Waals surface area contributed by atoms with Crippen molar-refractivity contribution >= 4 is 0 Å². The van der Waals surface area contributed by atoms with Crippen LogP contribution in [0.5, 0.6) is 0 Å². The summed E-state index contributed by atoms with van der Waals surface area (Å²) in [6.07, 6.45) is 1.63. The fourth-order valence-corrected chi connectivity index (χ4v) is 2.25. The van der Waals surface area contributed by atoms with Gasteiger partial charge in [-0.2, -0.15) is 0 Å². The van der Waals surface area contributed by atoms with Gasteiger partial charge in [0.15, 0.2) is 0 Å². The first-order chi connectivity index (χ1) is 8.99. The maximum atomic E-state index is 10.7. The molecule has 0 aromatic heterocycles. The molecule has 1 N–H and O–H groups in total. The van der Waals surface area contributed by atoms with Crippen LogP contribution in [0.25, 0.3) is 0 Å². The zero-order valence-electron chi connectivity index (χ0n) is 12.0. The largest absolute Gasteiger partial charge is 0.385 e. The number of aliphatic hydroxyl groups is 1. The van der Waals surface area contributed by atoms with Gasteiger partial charge in [-0.25, -0.2) is 0 Å². The van der Waals surface area contributed by atoms with Crippen molar-refractivity contribution < 1.29 is 5.11 Å². The Morgan fingerprint density at radius 1 is 0.947 bits per heavy atom. The first-order valence-electron chi connectivity index (χ1n) is 6.83. The van der Waals surface area contributed by atoms with Crippen molar-refractivity contribution in [3.05, 3.63) is 70.8 Å². The van der Waals surface area contributed by atoms with E-state index >= 15 is 0 Å². The summed E-state index contributed by atoms with van der Waals surface area (Å²) in [6, 6.07) is 16.5. The molecule has 1 heteroatoms. The zero-order chi connectivity index (χ0) is 13.9. The summed E-state index contributed by atoms with van der Waals surface area (Å²) in [5.41, 5.74) is 4.01. The van der Waals surface area contributed by atoms with Crippen molar-refractivity contribution in [1.82, 2.24) is 0 Å². The van der Waals surface area contributed by atoms with Crippen LogP contribution >= 0.6 is 0 Å². The highest BCUT2D eigenvalue weighted by molar-refractivity contribution is 5.33. The molecule has 2 aromatic carbocycles. The topological polar surface area (TPSA) is 20.2 Å². The van der Waals surface area contributed by atoms with Gasteiger partial charge in [-0.1, -0.05) is 48.5 Å². The van der Waals surface area contributed by atoms with E-state index in [1.54, 1.807) is 0 Å². The third-order valence-electron chi connectivity index (χ3n) is 3.87. The van der Waals surface area contributed by atoms with E-state index in [1.807, 2.05) is 31.2 Å². The molecule has 0 heterocycles. The Kier molecular flexibility index (Phi) is 4.06. The average molecular weight is 254 g/mol. The van der Waals surface area contributed by atoms with E-state index in [4.69, 9.17) is 0 Å². The molecule has 0 saturated carbocycles. The summed E-state index contributed by atoms with van der Waals surface area (Å²) in [4.78, 5) is 0. The van der Waals surface area contributed by atoms with Gasteiger partial charge in [0.05, 0.1) is 5.60 Å². The highest BCUT2D eigenvalue weighted by Crippen LogP contribution is 2.27. The monoisotopic (exact) mass is 254 g/mol. The second kappa shape index (κ2) is 5.58. The van der Waals surface area contributed by atoms with Gasteiger partial charge in [0.2, 0.25) is 0 Å². The molecule has 1 nitrogen and oxygen atoms in total. The van der Waals surface area contributed by atoms with Crippen LogP contribution < -0.4 is 0 Å². The van der Waals surface area contributed by atoms with Gasteiger partial charge < -0.3 is 5.11 Å². The Morgan fingerprint density at radius 2 is 1.63 bits per heavy atom. The van der Waals surface area contributed by atoms with Crippen LogP contribution in [-0.4, -0.2) is 5.11 Å². The van der Waals surface area contributed by atoms with E-state index in [9.17, 15) is 5.11 Å². The van der Waals surface area contributed by atoms with Crippen LogP contribution in [0.1, 0.15) is 35.6 Å². The number of hydrogen-bond acceptors (Lipinski definition) is 1. The van der Waals surface area contributed by atoms with Gasteiger partial charge in [0.25, 0.3) is 0 Å². The molecule has 0 saturated heterocycles. The summed E-state index contributed by atoms with van der Waals surface area (Å²) in [5, 5.41) is 10.7. The van der Waals surface area contributed by atoms with E-state index < -0.39 is 5.60 Å². The lowest BCUT2D eigenvalue weighted by Gasteiger charge is -2.24. The molecule has 0 fully saturated rings. The summed E-state index contributed by atoms with van der Waals surface area (Å²) < 4.78 is 0. The maximum Gasteiger partial charge on any atom is 0.0871 e. The molecule has 0 radical (unpaired) electrons. The lowest BCUT2D eigenvalue weighted by atomic mass is 9.88. The van der Waals surface area contributed by atoms with Gasteiger partial charge in [-0.05, 0) is 55.9 Å². The molecule has 1 atom stereocenters. The van der Waals surface area contributed by atoms with Crippen LogP contribution in [0.3, 0.4) is 0 Å². The van der Waals surface area contributed by atoms with E-state index in [1.165, 1.54) is 16.7 Å². The fraction of sp³-hybridized carbons (Fsp3) is 0.333. The predicted octanol–water partition coefficient (Wildman–Crippen LogP) is 4.14. The Morgan fingerprint density at radius 3 is 2.26 bits per heavy atom. The molecule has 0 aliphatic carbocycles. The van der Waals surface area contributed by atoms with E-state index in [2.05, 4.69) is 38.1 Å². The molecule has 0 aliphatic heterocycles. The Balaban J connectivity index is 2.11. The van der Waals surface area contributed by atoms with Gasteiger partial charge in [-0.15, -0.1) is 0 Å². The smallest absolute Gasteiger partial charge is 0.0871 e. The summed E-state index contributed by atoms with van der Waals surface area (Å²) in [7, 11) is 0. The molecule has 0 bridgehead atoms. The van der Waals surface area contributed by atoms with Crippen LogP contribution in [-0.2, 0) is 12.0 Å². The van der Waals surface area contributed by atoms with Crippen molar-refractivity contribution in [3.8, 4) is 0 Å². The standard InChI is InChI=1S/C18H22O/c1-14-9-10-17(13-15(14)2)18(3,19)12-11-16-7-5-4-6-8-16/h4-10,13,19H,11-12H2,1-3H3. The Bertz CT molecular complexity index is 541. The second-order valence-electron chi connectivity index (χ2n) is 5.56. The minimum Gasteiger partial charge on any atom is -0.385 e. The van der Waals surface area contributed by atoms with Crippen molar-refractivity contribution in [2.45, 2.75) is 39.2 Å². The highest BCUT2D eigenvalue weighted by atomic mass is 16.3. The first kappa shape index (κ1) is 13.8. The lowest BCUT2D eigenvalue weighted by molar-refractivity contribution is 0.0480. The van der Waals surface area contributed by atoms with Gasteiger partial charge >= 0.3 is 0 Å². The fourth-order valence-electron chi connectivity index (χ4n) is 2.25. The number of aryl methyl sites for hydroxylation is 3. The molecule has 2 aromatic rings. The predicted molar refractivity (Wildman–Crippen MR) is 80.2 cm³/mol. The van der Waals surface area contributed by atoms with E-state index in [0.717, 1.165) is 18.4 Å². The summed E-state index contributed by atoms with van der Waals surface area (Å²) >= 11 is 0. The molecule has 0 aliphatic rings. The van der Waals surface area contributed by atoms with E-state index in [0.29, 0.717) is 0 Å². The summed E-state index contributed by atoms with van der Waals surface area (Å²) in [5.74, 6) is 0. The second-order valence-corrected chi connectivity index (χ2v) is 5.56. The number of rotatable bonds is 4. The third kappa shape index (κ3) is 3.45. The van der Waals surface area contributed by atoms with Crippen molar-refractivity contribution in [2.24, 2.45) is 0 Å². The zero-order valence-corrected chi connectivity index (χ0v) is 12.0. The Hall–Kier alpha value is -1.60.